The fourth-order valence-electron chi connectivity index (χ4n) is 3.43. The van der Waals surface area contributed by atoms with Gasteiger partial charge in [-0.3, -0.25) is 14.2 Å². The molecule has 1 aliphatic carbocycles. The highest BCUT2D eigenvalue weighted by Crippen LogP contribution is 2.24. The first-order valence-corrected chi connectivity index (χ1v) is 9.03. The molecule has 0 bridgehead atoms. The summed E-state index contributed by atoms with van der Waals surface area (Å²) in [5.74, 6) is -0.194. The molecule has 2 heterocycles. The Hall–Kier alpha value is -2.89. The lowest BCUT2D eigenvalue weighted by Gasteiger charge is -2.13. The molecule has 0 spiro atoms. The average Bonchev–Trinajstić information content (AvgIpc) is 3.04. The summed E-state index contributed by atoms with van der Waals surface area (Å²) >= 11 is 0. The van der Waals surface area contributed by atoms with Crippen LogP contribution < -0.4 is 10.9 Å². The quantitative estimate of drug-likeness (QED) is 0.716. The van der Waals surface area contributed by atoms with Crippen LogP contribution in [0.15, 0.2) is 51.5 Å². The Morgan fingerprint density at radius 3 is 3.00 bits per heavy atom. The molecule has 1 N–H and O–H groups in total. The van der Waals surface area contributed by atoms with Crippen molar-refractivity contribution in [2.24, 2.45) is 0 Å². The van der Waals surface area contributed by atoms with Crippen LogP contribution in [0, 0.1) is 0 Å². The van der Waals surface area contributed by atoms with Crippen LogP contribution in [0.4, 0.5) is 0 Å². The summed E-state index contributed by atoms with van der Waals surface area (Å²) in [6.07, 6.45) is 9.33. The van der Waals surface area contributed by atoms with Gasteiger partial charge >= 0.3 is 0 Å². The molecule has 1 amide bonds. The highest BCUT2D eigenvalue weighted by Gasteiger charge is 2.14. The molecule has 0 saturated heterocycles. The first-order chi connectivity index (χ1) is 12.7. The number of rotatable bonds is 5. The second-order valence-electron chi connectivity index (χ2n) is 6.66. The minimum absolute atomic E-state index is 0.0577. The predicted molar refractivity (Wildman–Crippen MR) is 100.0 cm³/mol. The molecule has 3 aromatic rings. The number of carbonyl (C=O) groups is 1. The SMILES string of the molecule is O=C(Cn1cnc2c(oc3ccccc32)c1=O)NCCC1=CCCCC1. The van der Waals surface area contributed by atoms with Gasteiger partial charge in [-0.05, 0) is 44.2 Å². The predicted octanol–water partition coefficient (Wildman–Crippen LogP) is 3.15. The number of para-hydroxylation sites is 1. The monoisotopic (exact) mass is 351 g/mol. The molecular formula is C20H21N3O3. The van der Waals surface area contributed by atoms with Gasteiger partial charge in [0.15, 0.2) is 0 Å². The molecule has 0 unspecified atom stereocenters. The molecule has 134 valence electrons. The van der Waals surface area contributed by atoms with E-state index in [9.17, 15) is 9.59 Å². The van der Waals surface area contributed by atoms with E-state index in [-0.39, 0.29) is 23.6 Å². The minimum atomic E-state index is -0.337. The summed E-state index contributed by atoms with van der Waals surface area (Å²) in [5.41, 5.74) is 2.42. The Balaban J connectivity index is 1.45. The van der Waals surface area contributed by atoms with E-state index < -0.39 is 0 Å². The number of fused-ring (bicyclic) bond motifs is 3. The van der Waals surface area contributed by atoms with Gasteiger partial charge in [-0.15, -0.1) is 0 Å². The maximum Gasteiger partial charge on any atom is 0.297 e. The van der Waals surface area contributed by atoms with Gasteiger partial charge in [0.1, 0.15) is 17.6 Å². The summed E-state index contributed by atoms with van der Waals surface area (Å²) in [6, 6.07) is 7.39. The van der Waals surface area contributed by atoms with E-state index >= 15 is 0 Å². The second kappa shape index (κ2) is 7.15. The van der Waals surface area contributed by atoms with Gasteiger partial charge in [-0.2, -0.15) is 0 Å². The van der Waals surface area contributed by atoms with Gasteiger partial charge in [0.05, 0.1) is 6.33 Å². The maximum absolute atomic E-state index is 12.6. The van der Waals surface area contributed by atoms with Crippen molar-refractivity contribution in [2.75, 3.05) is 6.54 Å². The summed E-state index contributed by atoms with van der Waals surface area (Å²) in [6.45, 7) is 0.539. The van der Waals surface area contributed by atoms with Crippen molar-refractivity contribution in [3.8, 4) is 0 Å². The molecule has 0 radical (unpaired) electrons. The molecule has 26 heavy (non-hydrogen) atoms. The van der Waals surface area contributed by atoms with Crippen molar-refractivity contribution < 1.29 is 9.21 Å². The summed E-state index contributed by atoms with van der Waals surface area (Å²) in [7, 11) is 0. The van der Waals surface area contributed by atoms with E-state index in [2.05, 4.69) is 16.4 Å². The number of allylic oxidation sites excluding steroid dienone is 1. The van der Waals surface area contributed by atoms with E-state index in [0.717, 1.165) is 24.6 Å². The first-order valence-electron chi connectivity index (χ1n) is 9.03. The lowest BCUT2D eigenvalue weighted by atomic mass is 9.97. The fraction of sp³-hybridized carbons (Fsp3) is 0.350. The van der Waals surface area contributed by atoms with E-state index in [0.29, 0.717) is 17.6 Å². The standard InChI is InChI=1S/C20H21N3O3/c24-17(21-11-10-14-6-2-1-3-7-14)12-23-13-22-18-15-8-4-5-9-16(15)26-19(18)20(23)25/h4-6,8-9,13H,1-3,7,10-12H2,(H,21,24). The number of benzene rings is 1. The van der Waals surface area contributed by atoms with Crippen LogP contribution in [-0.4, -0.2) is 22.0 Å². The van der Waals surface area contributed by atoms with E-state index in [4.69, 9.17) is 4.42 Å². The van der Waals surface area contributed by atoms with Crippen LogP contribution in [-0.2, 0) is 11.3 Å². The Morgan fingerprint density at radius 1 is 1.27 bits per heavy atom. The topological polar surface area (TPSA) is 77.1 Å². The first kappa shape index (κ1) is 16.6. The van der Waals surface area contributed by atoms with Gasteiger partial charge in [-0.25, -0.2) is 4.98 Å². The van der Waals surface area contributed by atoms with Crippen molar-refractivity contribution in [2.45, 2.75) is 38.6 Å². The van der Waals surface area contributed by atoms with Crippen molar-refractivity contribution in [1.29, 1.82) is 0 Å². The van der Waals surface area contributed by atoms with E-state index in [1.165, 1.54) is 29.3 Å². The third-order valence-electron chi connectivity index (χ3n) is 4.82. The van der Waals surface area contributed by atoms with Crippen molar-refractivity contribution in [1.82, 2.24) is 14.9 Å². The van der Waals surface area contributed by atoms with Crippen molar-refractivity contribution in [3.63, 3.8) is 0 Å². The average molecular weight is 351 g/mol. The molecule has 6 nitrogen and oxygen atoms in total. The largest absolute Gasteiger partial charge is 0.448 e. The lowest BCUT2D eigenvalue weighted by Crippen LogP contribution is -2.33. The smallest absolute Gasteiger partial charge is 0.297 e. The molecule has 0 saturated carbocycles. The van der Waals surface area contributed by atoms with Crippen LogP contribution >= 0.6 is 0 Å². The number of amides is 1. The normalized spacial score (nSPS) is 14.5. The number of hydrogen-bond acceptors (Lipinski definition) is 4. The van der Waals surface area contributed by atoms with Gasteiger partial charge in [0.2, 0.25) is 11.5 Å². The lowest BCUT2D eigenvalue weighted by molar-refractivity contribution is -0.121. The number of carbonyl (C=O) groups excluding carboxylic acids is 1. The molecule has 6 heteroatoms. The maximum atomic E-state index is 12.6. The highest BCUT2D eigenvalue weighted by atomic mass is 16.3. The third-order valence-corrected chi connectivity index (χ3v) is 4.82. The number of nitrogens with one attached hydrogen (secondary N) is 1. The zero-order chi connectivity index (χ0) is 17.9. The van der Waals surface area contributed by atoms with Crippen LogP contribution in [0.2, 0.25) is 0 Å². The van der Waals surface area contributed by atoms with Gasteiger partial charge in [-0.1, -0.05) is 23.8 Å². The molecule has 0 aliphatic heterocycles. The molecule has 0 atom stereocenters. The zero-order valence-electron chi connectivity index (χ0n) is 14.5. The number of nitrogens with zero attached hydrogens (tertiary/aromatic N) is 2. The minimum Gasteiger partial charge on any atom is -0.448 e. The Bertz CT molecular complexity index is 1050. The Labute approximate surface area is 150 Å². The van der Waals surface area contributed by atoms with Crippen molar-refractivity contribution in [3.05, 3.63) is 52.6 Å². The number of furan rings is 1. The van der Waals surface area contributed by atoms with Crippen molar-refractivity contribution >= 4 is 28.0 Å². The number of aromatic nitrogens is 2. The molecule has 1 aromatic carbocycles. The van der Waals surface area contributed by atoms with Crippen LogP contribution in [0.1, 0.15) is 32.1 Å². The summed E-state index contributed by atoms with van der Waals surface area (Å²) in [4.78, 5) is 29.1. The molecule has 2 aromatic heterocycles. The fourth-order valence-corrected chi connectivity index (χ4v) is 3.43. The molecule has 0 fully saturated rings. The third kappa shape index (κ3) is 3.27. The molecule has 1 aliphatic rings. The van der Waals surface area contributed by atoms with E-state index in [1.807, 2.05) is 18.2 Å². The second-order valence-corrected chi connectivity index (χ2v) is 6.66. The number of hydrogen-bond donors (Lipinski definition) is 1. The molecule has 4 rings (SSSR count). The van der Waals surface area contributed by atoms with Gasteiger partial charge < -0.3 is 9.73 Å². The highest BCUT2D eigenvalue weighted by molar-refractivity contribution is 6.01. The summed E-state index contributed by atoms with van der Waals surface area (Å²) in [5, 5.41) is 3.69. The molecular weight excluding hydrogens is 330 g/mol. The zero-order valence-corrected chi connectivity index (χ0v) is 14.5. The van der Waals surface area contributed by atoms with Crippen LogP contribution in [0.5, 0.6) is 0 Å². The summed E-state index contributed by atoms with van der Waals surface area (Å²) < 4.78 is 6.92. The van der Waals surface area contributed by atoms with Crippen LogP contribution in [0.25, 0.3) is 22.1 Å². The van der Waals surface area contributed by atoms with Gasteiger partial charge in [0.25, 0.3) is 5.56 Å². The van der Waals surface area contributed by atoms with E-state index in [1.54, 1.807) is 6.07 Å². The Kier molecular flexibility index (Phi) is 4.56. The van der Waals surface area contributed by atoms with Crippen LogP contribution in [0.3, 0.4) is 0 Å². The Morgan fingerprint density at radius 2 is 2.15 bits per heavy atom. The van der Waals surface area contributed by atoms with Gasteiger partial charge in [0, 0.05) is 11.9 Å².